The monoisotopic (exact) mass is 280 g/mol. The van der Waals surface area contributed by atoms with E-state index in [9.17, 15) is 10.1 Å². The molecule has 0 spiro atoms. The van der Waals surface area contributed by atoms with Crippen LogP contribution in [-0.2, 0) is 6.54 Å². The quantitative estimate of drug-likeness (QED) is 0.457. The molecule has 0 saturated carbocycles. The third-order valence-electron chi connectivity index (χ3n) is 3.58. The topological polar surface area (TPSA) is 95.9 Å². The van der Waals surface area contributed by atoms with Crippen molar-refractivity contribution >= 4 is 11.4 Å². The normalized spacial score (nSPS) is 17.2. The number of β-amino-alcohol motifs (C(OH)–C–C–N with tert-alkyl or cyclic N) is 1. The number of nitrogens with zero attached hydrogens (tertiary/aromatic N) is 3. The Balaban J connectivity index is 1.94. The van der Waals surface area contributed by atoms with Crippen molar-refractivity contribution in [1.82, 2.24) is 9.80 Å². The molecule has 110 valence electrons. The zero-order chi connectivity index (χ0) is 14.5. The number of hydrogen-bond acceptors (Lipinski definition) is 6. The SMILES string of the molecule is Nc1ccc(CN2CCN(CCO)CC2)cc1[N+](=O)[O-]. The standard InChI is InChI=1S/C13H20N4O3/c14-12-2-1-11(9-13(12)17(19)20)10-16-5-3-15(4-6-16)7-8-18/h1-2,9,18H,3-8,10,14H2. The summed E-state index contributed by atoms with van der Waals surface area (Å²) in [6, 6.07) is 4.98. The Morgan fingerprint density at radius 3 is 2.50 bits per heavy atom. The molecule has 1 fully saturated rings. The second-order valence-electron chi connectivity index (χ2n) is 4.99. The molecule has 1 aliphatic rings. The third kappa shape index (κ3) is 3.66. The molecule has 2 rings (SSSR count). The van der Waals surface area contributed by atoms with Crippen LogP contribution in [0.3, 0.4) is 0 Å². The molecule has 1 heterocycles. The summed E-state index contributed by atoms with van der Waals surface area (Å²) in [5, 5.41) is 19.8. The minimum Gasteiger partial charge on any atom is -0.395 e. The molecular formula is C13H20N4O3. The zero-order valence-corrected chi connectivity index (χ0v) is 11.4. The Morgan fingerprint density at radius 2 is 1.90 bits per heavy atom. The van der Waals surface area contributed by atoms with Gasteiger partial charge in [0.15, 0.2) is 0 Å². The predicted octanol–water partition coefficient (Wildman–Crippen LogP) is 0.287. The van der Waals surface area contributed by atoms with Crippen molar-refractivity contribution < 1.29 is 10.0 Å². The molecule has 1 aliphatic heterocycles. The smallest absolute Gasteiger partial charge is 0.292 e. The van der Waals surface area contributed by atoms with Gasteiger partial charge in [0.1, 0.15) is 5.69 Å². The molecule has 7 heteroatoms. The van der Waals surface area contributed by atoms with Gasteiger partial charge in [-0.3, -0.25) is 19.9 Å². The first-order chi connectivity index (χ1) is 9.60. The molecule has 3 N–H and O–H groups in total. The first-order valence-electron chi connectivity index (χ1n) is 6.68. The fourth-order valence-electron chi connectivity index (χ4n) is 2.42. The summed E-state index contributed by atoms with van der Waals surface area (Å²) in [7, 11) is 0. The molecule has 0 aromatic heterocycles. The maximum atomic E-state index is 10.9. The fraction of sp³-hybridized carbons (Fsp3) is 0.538. The van der Waals surface area contributed by atoms with Gasteiger partial charge in [0, 0.05) is 45.3 Å². The molecule has 1 aromatic rings. The van der Waals surface area contributed by atoms with E-state index in [4.69, 9.17) is 10.8 Å². The van der Waals surface area contributed by atoms with Crippen LogP contribution in [0, 0.1) is 10.1 Å². The van der Waals surface area contributed by atoms with Crippen molar-refractivity contribution in [1.29, 1.82) is 0 Å². The largest absolute Gasteiger partial charge is 0.395 e. The van der Waals surface area contributed by atoms with Crippen molar-refractivity contribution in [2.24, 2.45) is 0 Å². The van der Waals surface area contributed by atoms with Crippen LogP contribution in [0.4, 0.5) is 11.4 Å². The molecule has 1 saturated heterocycles. The van der Waals surface area contributed by atoms with Crippen LogP contribution in [0.1, 0.15) is 5.56 Å². The van der Waals surface area contributed by atoms with Gasteiger partial charge in [-0.25, -0.2) is 0 Å². The Kier molecular flexibility index (Phi) is 4.89. The summed E-state index contributed by atoms with van der Waals surface area (Å²) in [6.45, 7) is 5.21. The van der Waals surface area contributed by atoms with Gasteiger partial charge in [0.2, 0.25) is 0 Å². The summed E-state index contributed by atoms with van der Waals surface area (Å²) >= 11 is 0. The van der Waals surface area contributed by atoms with E-state index in [-0.39, 0.29) is 18.0 Å². The lowest BCUT2D eigenvalue weighted by Gasteiger charge is -2.34. The molecule has 7 nitrogen and oxygen atoms in total. The van der Waals surface area contributed by atoms with Crippen molar-refractivity contribution in [3.63, 3.8) is 0 Å². The highest BCUT2D eigenvalue weighted by molar-refractivity contribution is 5.59. The maximum absolute atomic E-state index is 10.9. The van der Waals surface area contributed by atoms with Gasteiger partial charge in [-0.1, -0.05) is 6.07 Å². The van der Waals surface area contributed by atoms with Gasteiger partial charge in [0.05, 0.1) is 11.5 Å². The fourth-order valence-corrected chi connectivity index (χ4v) is 2.42. The number of rotatable bonds is 5. The van der Waals surface area contributed by atoms with E-state index >= 15 is 0 Å². The minimum absolute atomic E-state index is 0.0265. The summed E-state index contributed by atoms with van der Waals surface area (Å²) in [6.07, 6.45) is 0. The number of anilines is 1. The molecule has 0 atom stereocenters. The van der Waals surface area contributed by atoms with Crippen LogP contribution < -0.4 is 5.73 Å². The van der Waals surface area contributed by atoms with Crippen molar-refractivity contribution in [2.45, 2.75) is 6.54 Å². The molecule has 0 amide bonds. The Labute approximate surface area is 117 Å². The van der Waals surface area contributed by atoms with Gasteiger partial charge < -0.3 is 10.8 Å². The highest BCUT2D eigenvalue weighted by Gasteiger charge is 2.18. The van der Waals surface area contributed by atoms with E-state index in [0.717, 1.165) is 31.7 Å². The van der Waals surface area contributed by atoms with Crippen molar-refractivity contribution in [2.75, 3.05) is 45.1 Å². The summed E-state index contributed by atoms with van der Waals surface area (Å²) < 4.78 is 0. The van der Waals surface area contributed by atoms with Crippen LogP contribution in [-0.4, -0.2) is 59.2 Å². The van der Waals surface area contributed by atoms with Crippen LogP contribution in [0.5, 0.6) is 0 Å². The molecule has 0 unspecified atom stereocenters. The molecule has 0 aliphatic carbocycles. The molecule has 1 aromatic carbocycles. The Morgan fingerprint density at radius 1 is 1.25 bits per heavy atom. The van der Waals surface area contributed by atoms with Gasteiger partial charge in [-0.15, -0.1) is 0 Å². The van der Waals surface area contributed by atoms with Crippen LogP contribution in [0.25, 0.3) is 0 Å². The second-order valence-corrected chi connectivity index (χ2v) is 4.99. The first kappa shape index (κ1) is 14.7. The molecule has 0 bridgehead atoms. The summed E-state index contributed by atoms with van der Waals surface area (Å²) in [4.78, 5) is 14.9. The Bertz CT molecular complexity index is 473. The van der Waals surface area contributed by atoms with Gasteiger partial charge >= 0.3 is 0 Å². The lowest BCUT2D eigenvalue weighted by molar-refractivity contribution is -0.384. The third-order valence-corrected chi connectivity index (χ3v) is 3.58. The number of piperazine rings is 1. The highest BCUT2D eigenvalue weighted by Crippen LogP contribution is 2.23. The maximum Gasteiger partial charge on any atom is 0.292 e. The van der Waals surface area contributed by atoms with Crippen LogP contribution in [0.2, 0.25) is 0 Å². The number of nitrogens with two attached hydrogens (primary N) is 1. The van der Waals surface area contributed by atoms with E-state index in [0.29, 0.717) is 13.1 Å². The number of nitro benzene ring substituents is 1. The lowest BCUT2D eigenvalue weighted by atomic mass is 10.1. The lowest BCUT2D eigenvalue weighted by Crippen LogP contribution is -2.46. The van der Waals surface area contributed by atoms with Crippen LogP contribution >= 0.6 is 0 Å². The number of nitro groups is 1. The van der Waals surface area contributed by atoms with Gasteiger partial charge in [0.25, 0.3) is 5.69 Å². The van der Waals surface area contributed by atoms with Crippen molar-refractivity contribution in [3.05, 3.63) is 33.9 Å². The second kappa shape index (κ2) is 6.65. The average molecular weight is 280 g/mol. The molecular weight excluding hydrogens is 260 g/mol. The van der Waals surface area contributed by atoms with E-state index in [2.05, 4.69) is 9.80 Å². The molecule has 20 heavy (non-hydrogen) atoms. The van der Waals surface area contributed by atoms with E-state index in [1.807, 2.05) is 6.07 Å². The highest BCUT2D eigenvalue weighted by atomic mass is 16.6. The van der Waals surface area contributed by atoms with Crippen molar-refractivity contribution in [3.8, 4) is 0 Å². The van der Waals surface area contributed by atoms with E-state index in [1.165, 1.54) is 0 Å². The average Bonchev–Trinajstić information content (AvgIpc) is 2.43. The molecule has 0 radical (unpaired) electrons. The number of benzene rings is 1. The first-order valence-corrected chi connectivity index (χ1v) is 6.68. The Hall–Kier alpha value is -1.70. The zero-order valence-electron chi connectivity index (χ0n) is 11.4. The van der Waals surface area contributed by atoms with Gasteiger partial charge in [-0.05, 0) is 11.6 Å². The van der Waals surface area contributed by atoms with Gasteiger partial charge in [-0.2, -0.15) is 0 Å². The predicted molar refractivity (Wildman–Crippen MR) is 76.3 cm³/mol. The summed E-state index contributed by atoms with van der Waals surface area (Å²) in [5.74, 6) is 0. The number of hydrogen-bond donors (Lipinski definition) is 2. The number of nitrogen functional groups attached to an aromatic ring is 1. The number of aliphatic hydroxyl groups is 1. The van der Waals surface area contributed by atoms with E-state index in [1.54, 1.807) is 12.1 Å². The number of aliphatic hydroxyl groups excluding tert-OH is 1. The summed E-state index contributed by atoms with van der Waals surface area (Å²) in [5.41, 5.74) is 6.67. The minimum atomic E-state index is -0.446. The van der Waals surface area contributed by atoms with Crippen LogP contribution in [0.15, 0.2) is 18.2 Å². The van der Waals surface area contributed by atoms with E-state index < -0.39 is 4.92 Å².